The van der Waals surface area contributed by atoms with Gasteiger partial charge in [0.25, 0.3) is 0 Å². The summed E-state index contributed by atoms with van der Waals surface area (Å²) in [6.07, 6.45) is -3.67. The van der Waals surface area contributed by atoms with Crippen LogP contribution in [0.2, 0.25) is 10.4 Å². The molecule has 104 valence electrons. The quantitative estimate of drug-likeness (QED) is 0.916. The molecule has 1 aromatic carbocycles. The molecule has 0 bridgehead atoms. The van der Waals surface area contributed by atoms with Gasteiger partial charge in [-0.15, -0.1) is 19.0 Å². The lowest BCUT2D eigenvalue weighted by Crippen LogP contribution is -2.25. The predicted octanol–water partition coefficient (Wildman–Crippen LogP) is 3.24. The van der Waals surface area contributed by atoms with E-state index in [4.69, 9.17) is 23.2 Å². The van der Waals surface area contributed by atoms with Crippen LogP contribution in [-0.4, -0.2) is 21.5 Å². The van der Waals surface area contributed by atoms with Crippen molar-refractivity contribution in [2.45, 2.75) is 6.29 Å². The Morgan fingerprint density at radius 3 is 2.65 bits per heavy atom. The summed E-state index contributed by atoms with van der Waals surface area (Å²) in [6.45, 7) is 0. The SMILES string of the molecule is FC1(F)Oc2ccc(Nc3nc(Cl)nnc3Cl)cc2O1. The van der Waals surface area contributed by atoms with Crippen LogP contribution >= 0.6 is 23.2 Å². The number of anilines is 2. The fourth-order valence-electron chi connectivity index (χ4n) is 1.54. The highest BCUT2D eigenvalue weighted by Gasteiger charge is 2.43. The first-order chi connectivity index (χ1) is 9.43. The van der Waals surface area contributed by atoms with Crippen LogP contribution in [0.1, 0.15) is 0 Å². The van der Waals surface area contributed by atoms with Gasteiger partial charge in [-0.3, -0.25) is 0 Å². The van der Waals surface area contributed by atoms with Crippen molar-refractivity contribution >= 4 is 34.7 Å². The van der Waals surface area contributed by atoms with Gasteiger partial charge in [-0.25, -0.2) is 0 Å². The van der Waals surface area contributed by atoms with E-state index in [-0.39, 0.29) is 27.8 Å². The highest BCUT2D eigenvalue weighted by atomic mass is 35.5. The Balaban J connectivity index is 1.88. The Labute approximate surface area is 120 Å². The van der Waals surface area contributed by atoms with Crippen LogP contribution in [0.25, 0.3) is 0 Å². The third kappa shape index (κ3) is 2.52. The molecule has 2 heterocycles. The second-order valence-corrected chi connectivity index (χ2v) is 4.37. The number of rotatable bonds is 2. The van der Waals surface area contributed by atoms with Gasteiger partial charge in [0.05, 0.1) is 0 Å². The van der Waals surface area contributed by atoms with Crippen molar-refractivity contribution in [2.75, 3.05) is 5.32 Å². The molecule has 1 aliphatic rings. The van der Waals surface area contributed by atoms with Gasteiger partial charge >= 0.3 is 6.29 Å². The number of benzene rings is 1. The van der Waals surface area contributed by atoms with E-state index in [1.165, 1.54) is 18.2 Å². The minimum absolute atomic E-state index is 0.0163. The monoisotopic (exact) mass is 320 g/mol. The Morgan fingerprint density at radius 1 is 1.10 bits per heavy atom. The molecule has 20 heavy (non-hydrogen) atoms. The average Bonchev–Trinajstić information content (AvgIpc) is 2.67. The topological polar surface area (TPSA) is 69.2 Å². The van der Waals surface area contributed by atoms with Crippen LogP contribution in [0.4, 0.5) is 20.3 Å². The summed E-state index contributed by atoms with van der Waals surface area (Å²) in [4.78, 5) is 3.82. The standard InChI is InChI=1S/C10H4Cl2F2N4O2/c11-7-8(16-9(12)18-17-7)15-4-1-2-5-6(3-4)20-10(13,14)19-5/h1-3H,(H,15,16,18). The van der Waals surface area contributed by atoms with Gasteiger partial charge in [0.2, 0.25) is 5.28 Å². The van der Waals surface area contributed by atoms with Crippen molar-refractivity contribution < 1.29 is 18.3 Å². The Kier molecular flexibility index (Phi) is 2.98. The molecule has 0 fully saturated rings. The van der Waals surface area contributed by atoms with Crippen LogP contribution in [0.3, 0.4) is 0 Å². The third-order valence-electron chi connectivity index (χ3n) is 2.28. The summed E-state index contributed by atoms with van der Waals surface area (Å²) >= 11 is 11.4. The largest absolute Gasteiger partial charge is 0.586 e. The Morgan fingerprint density at radius 2 is 1.85 bits per heavy atom. The fraction of sp³-hybridized carbons (Fsp3) is 0.100. The molecular formula is C10H4Cl2F2N4O2. The predicted molar refractivity (Wildman–Crippen MR) is 65.8 cm³/mol. The Hall–Kier alpha value is -1.93. The number of hydrogen-bond donors (Lipinski definition) is 1. The van der Waals surface area contributed by atoms with Crippen LogP contribution in [-0.2, 0) is 0 Å². The van der Waals surface area contributed by atoms with Crippen molar-refractivity contribution in [3.05, 3.63) is 28.6 Å². The molecule has 10 heteroatoms. The van der Waals surface area contributed by atoms with Crippen LogP contribution in [0.5, 0.6) is 11.5 Å². The maximum Gasteiger partial charge on any atom is 0.586 e. The second kappa shape index (κ2) is 4.57. The van der Waals surface area contributed by atoms with Crippen molar-refractivity contribution in [3.63, 3.8) is 0 Å². The van der Waals surface area contributed by atoms with E-state index in [1.54, 1.807) is 0 Å². The summed E-state index contributed by atoms with van der Waals surface area (Å²) in [5, 5.41) is 9.64. The molecule has 0 radical (unpaired) electrons. The fourth-order valence-corrected chi connectivity index (χ4v) is 1.79. The zero-order valence-electron chi connectivity index (χ0n) is 9.40. The third-order valence-corrected chi connectivity index (χ3v) is 2.70. The maximum absolute atomic E-state index is 12.9. The first-order valence-corrected chi connectivity index (χ1v) is 5.91. The lowest BCUT2D eigenvalue weighted by Gasteiger charge is -2.06. The van der Waals surface area contributed by atoms with E-state index in [9.17, 15) is 8.78 Å². The molecular weight excluding hydrogens is 317 g/mol. The van der Waals surface area contributed by atoms with Crippen LogP contribution < -0.4 is 14.8 Å². The summed E-state index contributed by atoms with van der Waals surface area (Å²) < 4.78 is 34.4. The molecule has 6 nitrogen and oxygen atoms in total. The van der Waals surface area contributed by atoms with Crippen molar-refractivity contribution in [2.24, 2.45) is 0 Å². The second-order valence-electron chi connectivity index (χ2n) is 3.67. The van der Waals surface area contributed by atoms with Gasteiger partial charge in [-0.1, -0.05) is 11.6 Å². The summed E-state index contributed by atoms with van der Waals surface area (Å²) in [5.41, 5.74) is 0.392. The first-order valence-electron chi connectivity index (χ1n) is 5.15. The lowest BCUT2D eigenvalue weighted by atomic mass is 10.3. The average molecular weight is 321 g/mol. The van der Waals surface area contributed by atoms with Gasteiger partial charge in [0, 0.05) is 11.8 Å². The molecule has 1 N–H and O–H groups in total. The zero-order chi connectivity index (χ0) is 14.3. The van der Waals surface area contributed by atoms with Gasteiger partial charge < -0.3 is 14.8 Å². The minimum atomic E-state index is -3.67. The first kappa shape index (κ1) is 13.1. The molecule has 0 spiro atoms. The smallest absolute Gasteiger partial charge is 0.395 e. The number of ether oxygens (including phenoxy) is 2. The highest BCUT2D eigenvalue weighted by molar-refractivity contribution is 6.32. The summed E-state index contributed by atoms with van der Waals surface area (Å²) in [5.74, 6) is -0.0352. The number of aromatic nitrogens is 3. The number of hydrogen-bond acceptors (Lipinski definition) is 6. The molecule has 1 aromatic heterocycles. The van der Waals surface area contributed by atoms with E-state index < -0.39 is 6.29 Å². The highest BCUT2D eigenvalue weighted by Crippen LogP contribution is 2.42. The van der Waals surface area contributed by atoms with Gasteiger partial charge in [0.1, 0.15) is 0 Å². The molecule has 0 saturated carbocycles. The maximum atomic E-state index is 12.9. The normalized spacial score (nSPS) is 15.2. The molecule has 3 rings (SSSR count). The summed E-state index contributed by atoms with van der Waals surface area (Å²) in [6, 6.07) is 4.11. The van der Waals surface area contributed by atoms with Crippen molar-refractivity contribution in [3.8, 4) is 11.5 Å². The molecule has 0 aliphatic carbocycles. The van der Waals surface area contributed by atoms with Crippen LogP contribution in [0, 0.1) is 0 Å². The van der Waals surface area contributed by atoms with E-state index in [0.717, 1.165) is 0 Å². The van der Waals surface area contributed by atoms with E-state index in [2.05, 4.69) is 30.0 Å². The lowest BCUT2D eigenvalue weighted by molar-refractivity contribution is -0.286. The summed E-state index contributed by atoms with van der Waals surface area (Å²) in [7, 11) is 0. The molecule has 0 saturated heterocycles. The van der Waals surface area contributed by atoms with E-state index in [1.807, 2.05) is 0 Å². The number of halogens is 4. The van der Waals surface area contributed by atoms with Gasteiger partial charge in [-0.2, -0.15) is 4.98 Å². The number of nitrogens with one attached hydrogen (secondary N) is 1. The van der Waals surface area contributed by atoms with E-state index in [0.29, 0.717) is 5.69 Å². The molecule has 0 amide bonds. The minimum Gasteiger partial charge on any atom is -0.395 e. The molecule has 0 atom stereocenters. The number of alkyl halides is 2. The molecule has 2 aromatic rings. The number of fused-ring (bicyclic) bond motifs is 1. The van der Waals surface area contributed by atoms with Crippen LogP contribution in [0.15, 0.2) is 18.2 Å². The molecule has 1 aliphatic heterocycles. The van der Waals surface area contributed by atoms with E-state index >= 15 is 0 Å². The molecule has 0 unspecified atom stereocenters. The van der Waals surface area contributed by atoms with Crippen molar-refractivity contribution in [1.82, 2.24) is 15.2 Å². The number of nitrogens with zero attached hydrogens (tertiary/aromatic N) is 3. The van der Waals surface area contributed by atoms with Crippen molar-refractivity contribution in [1.29, 1.82) is 0 Å². The zero-order valence-corrected chi connectivity index (χ0v) is 10.9. The van der Waals surface area contributed by atoms with Gasteiger partial charge in [-0.05, 0) is 23.7 Å². The van der Waals surface area contributed by atoms with Gasteiger partial charge in [0.15, 0.2) is 22.5 Å². The Bertz CT molecular complexity index is 686.